The molecule has 154 valence electrons. The van der Waals surface area contributed by atoms with Crippen LogP contribution in [0.5, 0.6) is 0 Å². The molecule has 0 radical (unpaired) electrons. The van der Waals surface area contributed by atoms with E-state index in [1.165, 1.54) is 11.8 Å². The van der Waals surface area contributed by atoms with E-state index in [0.717, 1.165) is 5.56 Å². The van der Waals surface area contributed by atoms with Crippen LogP contribution in [0.25, 0.3) is 10.9 Å². The average Bonchev–Trinajstić information content (AvgIpc) is 3.03. The first-order valence-electron chi connectivity index (χ1n) is 8.32. The monoisotopic (exact) mass is 535 g/mol. The van der Waals surface area contributed by atoms with Gasteiger partial charge in [-0.15, -0.1) is 0 Å². The van der Waals surface area contributed by atoms with E-state index in [0.29, 0.717) is 36.9 Å². The fourth-order valence-electron chi connectivity index (χ4n) is 2.76. The highest BCUT2D eigenvalue weighted by molar-refractivity contribution is 9.10. The summed E-state index contributed by atoms with van der Waals surface area (Å²) in [5.74, 6) is 0.186. The Hall–Kier alpha value is -1.23. The number of nitrogens with two attached hydrogens (primary N) is 1. The second-order valence-electron chi connectivity index (χ2n) is 6.03. The predicted molar refractivity (Wildman–Crippen MR) is 122 cm³/mol. The van der Waals surface area contributed by atoms with Gasteiger partial charge in [0.05, 0.1) is 0 Å². The molecule has 4 N–H and O–H groups in total. The zero-order chi connectivity index (χ0) is 21.2. The number of hydrogen-bond acceptors (Lipinski definition) is 4. The van der Waals surface area contributed by atoms with Crippen LogP contribution in [0, 0.1) is 0 Å². The van der Waals surface area contributed by atoms with Gasteiger partial charge in [0.1, 0.15) is 10.6 Å². The third-order valence-electron chi connectivity index (χ3n) is 4.07. The Kier molecular flexibility index (Phi) is 7.19. The van der Waals surface area contributed by atoms with Crippen LogP contribution in [0.4, 0.5) is 0 Å². The van der Waals surface area contributed by atoms with Gasteiger partial charge in [-0.25, -0.2) is 13.1 Å². The van der Waals surface area contributed by atoms with Gasteiger partial charge in [-0.05, 0) is 35.9 Å². The third-order valence-corrected chi connectivity index (χ3v) is 7.81. The number of nitrogens with one attached hydrogen (secondary N) is 2. The van der Waals surface area contributed by atoms with Crippen molar-refractivity contribution in [2.75, 3.05) is 12.3 Å². The number of aromatic nitrogens is 1. The topological polar surface area (TPSA) is 105 Å². The molecule has 0 aliphatic carbocycles. The number of fused-ring (bicyclic) bond motifs is 1. The Balaban J connectivity index is 1.72. The van der Waals surface area contributed by atoms with E-state index < -0.39 is 15.9 Å². The highest BCUT2D eigenvalue weighted by Crippen LogP contribution is 2.30. The summed E-state index contributed by atoms with van der Waals surface area (Å²) in [5.41, 5.74) is 6.54. The standard InChI is InChI=1S/C18H16BrCl2N3O3S2/c19-10-4-5-15-11(8-10)17(16(24-15)18(22)25)29(26,27)23-6-7-28-9-12-13(20)2-1-3-14(12)21/h1-5,8,23-24H,6-7,9H2,(H2,22,25). The number of carbonyl (C=O) groups is 1. The maximum atomic E-state index is 12.9. The Morgan fingerprint density at radius 3 is 2.55 bits per heavy atom. The quantitative estimate of drug-likeness (QED) is 0.367. The molecule has 1 aromatic heterocycles. The summed E-state index contributed by atoms with van der Waals surface area (Å²) in [6.07, 6.45) is 0. The average molecular weight is 537 g/mol. The normalized spacial score (nSPS) is 11.8. The third kappa shape index (κ3) is 5.10. The van der Waals surface area contributed by atoms with Crippen molar-refractivity contribution >= 4 is 77.7 Å². The number of amides is 1. The van der Waals surface area contributed by atoms with E-state index in [2.05, 4.69) is 25.6 Å². The van der Waals surface area contributed by atoms with E-state index in [4.69, 9.17) is 28.9 Å². The maximum absolute atomic E-state index is 12.9. The van der Waals surface area contributed by atoms with Crippen LogP contribution in [0.1, 0.15) is 16.1 Å². The minimum atomic E-state index is -3.97. The van der Waals surface area contributed by atoms with E-state index in [9.17, 15) is 13.2 Å². The Labute approximate surface area is 190 Å². The van der Waals surface area contributed by atoms with Crippen LogP contribution in [0.2, 0.25) is 10.0 Å². The molecule has 0 aliphatic rings. The van der Waals surface area contributed by atoms with Gasteiger partial charge in [0.2, 0.25) is 10.0 Å². The molecule has 0 spiro atoms. The van der Waals surface area contributed by atoms with Crippen LogP contribution in [-0.2, 0) is 15.8 Å². The number of halogens is 3. The fourth-order valence-corrected chi connectivity index (χ4v) is 6.24. The lowest BCUT2D eigenvalue weighted by molar-refractivity contribution is 0.0993. The van der Waals surface area contributed by atoms with Crippen molar-refractivity contribution in [1.82, 2.24) is 9.71 Å². The molecule has 0 saturated carbocycles. The summed E-state index contributed by atoms with van der Waals surface area (Å²) in [5, 5.41) is 1.53. The highest BCUT2D eigenvalue weighted by Gasteiger charge is 2.26. The molecular weight excluding hydrogens is 521 g/mol. The lowest BCUT2D eigenvalue weighted by atomic mass is 10.2. The van der Waals surface area contributed by atoms with Gasteiger partial charge < -0.3 is 10.7 Å². The van der Waals surface area contributed by atoms with Crippen molar-refractivity contribution in [2.24, 2.45) is 5.73 Å². The number of rotatable bonds is 8. The molecule has 0 fully saturated rings. The van der Waals surface area contributed by atoms with Gasteiger partial charge in [0, 0.05) is 43.5 Å². The number of primary amides is 1. The molecule has 11 heteroatoms. The maximum Gasteiger partial charge on any atom is 0.266 e. The number of carbonyl (C=O) groups excluding carboxylic acids is 1. The molecule has 0 unspecified atom stereocenters. The lowest BCUT2D eigenvalue weighted by Gasteiger charge is -2.09. The van der Waals surface area contributed by atoms with E-state index in [1.807, 2.05) is 0 Å². The molecule has 0 atom stereocenters. The molecule has 29 heavy (non-hydrogen) atoms. The van der Waals surface area contributed by atoms with E-state index >= 15 is 0 Å². The van der Waals surface area contributed by atoms with Crippen LogP contribution in [0.15, 0.2) is 45.8 Å². The number of sulfonamides is 1. The zero-order valence-electron chi connectivity index (χ0n) is 14.8. The molecule has 0 saturated heterocycles. The van der Waals surface area contributed by atoms with Crippen LogP contribution in [0.3, 0.4) is 0 Å². The number of hydrogen-bond donors (Lipinski definition) is 3. The lowest BCUT2D eigenvalue weighted by Crippen LogP contribution is -2.28. The van der Waals surface area contributed by atoms with Gasteiger partial charge >= 0.3 is 0 Å². The Bertz CT molecular complexity index is 1160. The molecule has 0 aliphatic heterocycles. The van der Waals surface area contributed by atoms with Crippen molar-refractivity contribution in [3.8, 4) is 0 Å². The first kappa shape index (κ1) is 22.5. The summed E-state index contributed by atoms with van der Waals surface area (Å²) in [4.78, 5) is 14.4. The van der Waals surface area contributed by atoms with E-state index in [1.54, 1.807) is 36.4 Å². The van der Waals surface area contributed by atoms with Crippen LogP contribution >= 0.6 is 50.9 Å². The molecule has 2 aromatic carbocycles. The summed E-state index contributed by atoms with van der Waals surface area (Å²) in [7, 11) is -3.97. The SMILES string of the molecule is NC(=O)c1[nH]c2ccc(Br)cc2c1S(=O)(=O)NCCSCc1c(Cl)cccc1Cl. The van der Waals surface area contributed by atoms with Gasteiger partial charge in [0.15, 0.2) is 0 Å². The van der Waals surface area contributed by atoms with Crippen molar-refractivity contribution in [3.63, 3.8) is 0 Å². The van der Waals surface area contributed by atoms with Gasteiger partial charge in [-0.2, -0.15) is 11.8 Å². The van der Waals surface area contributed by atoms with Crippen LogP contribution in [-0.4, -0.2) is 31.6 Å². The number of benzene rings is 2. The van der Waals surface area contributed by atoms with Crippen molar-refractivity contribution < 1.29 is 13.2 Å². The molecule has 6 nitrogen and oxygen atoms in total. The summed E-state index contributed by atoms with van der Waals surface area (Å²) >= 11 is 17.1. The van der Waals surface area contributed by atoms with Crippen molar-refractivity contribution in [2.45, 2.75) is 10.6 Å². The summed E-state index contributed by atoms with van der Waals surface area (Å²) < 4.78 is 29.0. The molecule has 3 rings (SSSR count). The molecule has 0 bridgehead atoms. The predicted octanol–water partition coefficient (Wildman–Crippen LogP) is 4.55. The largest absolute Gasteiger partial charge is 0.364 e. The zero-order valence-corrected chi connectivity index (χ0v) is 19.6. The molecule has 1 heterocycles. The van der Waals surface area contributed by atoms with Gasteiger partial charge in [-0.1, -0.05) is 45.2 Å². The van der Waals surface area contributed by atoms with Crippen molar-refractivity contribution in [1.29, 1.82) is 0 Å². The Morgan fingerprint density at radius 2 is 1.90 bits per heavy atom. The van der Waals surface area contributed by atoms with Gasteiger partial charge in [0.25, 0.3) is 5.91 Å². The van der Waals surface area contributed by atoms with Crippen molar-refractivity contribution in [3.05, 3.63) is 62.2 Å². The second-order valence-corrected chi connectivity index (χ2v) is 10.6. The fraction of sp³-hybridized carbons (Fsp3) is 0.167. The minimum absolute atomic E-state index is 0.152. The highest BCUT2D eigenvalue weighted by atomic mass is 79.9. The second kappa shape index (κ2) is 9.28. The molecular formula is C18H16BrCl2N3O3S2. The summed E-state index contributed by atoms with van der Waals surface area (Å²) in [6, 6.07) is 10.3. The number of thioether (sulfide) groups is 1. The minimum Gasteiger partial charge on any atom is -0.364 e. The summed E-state index contributed by atoms with van der Waals surface area (Å²) in [6.45, 7) is 0.161. The first-order chi connectivity index (χ1) is 13.7. The Morgan fingerprint density at radius 1 is 1.21 bits per heavy atom. The first-order valence-corrected chi connectivity index (χ1v) is 12.5. The van der Waals surface area contributed by atoms with Crippen LogP contribution < -0.4 is 10.5 Å². The van der Waals surface area contributed by atoms with E-state index in [-0.39, 0.29) is 17.1 Å². The smallest absolute Gasteiger partial charge is 0.266 e. The molecule has 1 amide bonds. The number of H-pyrrole nitrogens is 1. The van der Waals surface area contributed by atoms with Gasteiger partial charge in [-0.3, -0.25) is 4.79 Å². The number of aromatic amines is 1. The molecule has 3 aromatic rings.